The highest BCUT2D eigenvalue weighted by Gasteiger charge is 2.02. The summed E-state index contributed by atoms with van der Waals surface area (Å²) in [7, 11) is 1.58. The van der Waals surface area contributed by atoms with Gasteiger partial charge >= 0.3 is 0 Å². The Morgan fingerprint density at radius 2 is 2.50 bits per heavy atom. The number of nitrogens with two attached hydrogens (primary N) is 1. The third kappa shape index (κ3) is 1.95. The number of nitrogens with zero attached hydrogens (tertiary/aromatic N) is 1. The topological polar surface area (TPSA) is 72.0 Å². The molecule has 64 valence electrons. The molecule has 1 aromatic heterocycles. The number of amidine groups is 1. The van der Waals surface area contributed by atoms with Gasteiger partial charge in [-0.2, -0.15) is 0 Å². The summed E-state index contributed by atoms with van der Waals surface area (Å²) in [6, 6.07) is 1.75. The highest BCUT2D eigenvalue weighted by molar-refractivity contribution is 5.80. The lowest BCUT2D eigenvalue weighted by Crippen LogP contribution is -2.13. The van der Waals surface area contributed by atoms with Crippen molar-refractivity contribution in [2.45, 2.75) is 6.42 Å². The molecule has 1 heterocycles. The number of ether oxygens (including phenoxy) is 1. The van der Waals surface area contributed by atoms with Crippen LogP contribution in [0, 0.1) is 5.41 Å². The van der Waals surface area contributed by atoms with Gasteiger partial charge in [0.25, 0.3) is 0 Å². The minimum atomic E-state index is 0.112. The number of hydrogen-bond donors (Lipinski definition) is 2. The predicted molar refractivity (Wildman–Crippen MR) is 46.4 cm³/mol. The molecular weight excluding hydrogens is 154 g/mol. The summed E-state index contributed by atoms with van der Waals surface area (Å²) in [6.45, 7) is 0. The van der Waals surface area contributed by atoms with Gasteiger partial charge in [0.2, 0.25) is 0 Å². The highest BCUT2D eigenvalue weighted by atomic mass is 16.5. The molecule has 0 aliphatic rings. The van der Waals surface area contributed by atoms with E-state index in [1.165, 1.54) is 0 Å². The van der Waals surface area contributed by atoms with E-state index in [1.54, 1.807) is 25.6 Å². The standard InChI is InChI=1S/C8H11N3O/c1-12-7-2-3-11-5-6(7)4-8(9)10/h2-3,5H,4H2,1H3,(H3,9,10). The zero-order valence-corrected chi connectivity index (χ0v) is 6.87. The van der Waals surface area contributed by atoms with Crippen LogP contribution in [-0.2, 0) is 6.42 Å². The minimum Gasteiger partial charge on any atom is -0.496 e. The summed E-state index contributed by atoms with van der Waals surface area (Å²) in [4.78, 5) is 3.91. The Bertz CT molecular complexity index is 285. The fourth-order valence-corrected chi connectivity index (χ4v) is 0.951. The normalized spacial score (nSPS) is 9.42. The van der Waals surface area contributed by atoms with Crippen LogP contribution in [0.25, 0.3) is 0 Å². The van der Waals surface area contributed by atoms with E-state index >= 15 is 0 Å². The van der Waals surface area contributed by atoms with Crippen molar-refractivity contribution in [3.8, 4) is 5.75 Å². The molecule has 0 bridgehead atoms. The Hall–Kier alpha value is -1.58. The predicted octanol–water partition coefficient (Wildman–Crippen LogP) is 0.569. The van der Waals surface area contributed by atoms with Crippen LogP contribution in [0.3, 0.4) is 0 Å². The Morgan fingerprint density at radius 3 is 3.08 bits per heavy atom. The minimum absolute atomic E-state index is 0.112. The van der Waals surface area contributed by atoms with Gasteiger partial charge in [0.15, 0.2) is 0 Å². The second-order valence-electron chi connectivity index (χ2n) is 2.39. The molecule has 0 atom stereocenters. The molecule has 12 heavy (non-hydrogen) atoms. The molecule has 0 spiro atoms. The summed E-state index contributed by atoms with van der Waals surface area (Å²) in [5.74, 6) is 0.835. The van der Waals surface area contributed by atoms with Crippen molar-refractivity contribution in [3.05, 3.63) is 24.0 Å². The lowest BCUT2D eigenvalue weighted by atomic mass is 10.2. The molecule has 0 aliphatic heterocycles. The first-order valence-corrected chi connectivity index (χ1v) is 3.54. The van der Waals surface area contributed by atoms with Crippen molar-refractivity contribution in [2.75, 3.05) is 7.11 Å². The molecule has 1 rings (SSSR count). The number of pyridine rings is 1. The molecular formula is C8H11N3O. The van der Waals surface area contributed by atoms with Crippen molar-refractivity contribution < 1.29 is 4.74 Å². The molecule has 0 saturated carbocycles. The number of methoxy groups -OCH3 is 1. The molecule has 0 aromatic carbocycles. The molecule has 3 N–H and O–H groups in total. The smallest absolute Gasteiger partial charge is 0.125 e. The Kier molecular flexibility index (Phi) is 2.63. The van der Waals surface area contributed by atoms with Crippen LogP contribution >= 0.6 is 0 Å². The van der Waals surface area contributed by atoms with Gasteiger partial charge in [0.05, 0.1) is 12.9 Å². The maximum Gasteiger partial charge on any atom is 0.125 e. The van der Waals surface area contributed by atoms with Crippen molar-refractivity contribution in [1.82, 2.24) is 4.98 Å². The largest absolute Gasteiger partial charge is 0.496 e. The maximum absolute atomic E-state index is 7.10. The molecule has 4 heteroatoms. The molecule has 0 aliphatic carbocycles. The van der Waals surface area contributed by atoms with Crippen LogP contribution < -0.4 is 10.5 Å². The van der Waals surface area contributed by atoms with Gasteiger partial charge in [-0.15, -0.1) is 0 Å². The van der Waals surface area contributed by atoms with Gasteiger partial charge in [-0.05, 0) is 6.07 Å². The van der Waals surface area contributed by atoms with E-state index in [-0.39, 0.29) is 5.84 Å². The Labute approximate surface area is 70.9 Å². The van der Waals surface area contributed by atoms with E-state index in [9.17, 15) is 0 Å². The van der Waals surface area contributed by atoms with Crippen LogP contribution in [0.2, 0.25) is 0 Å². The van der Waals surface area contributed by atoms with Crippen LogP contribution in [-0.4, -0.2) is 17.9 Å². The summed E-state index contributed by atoms with van der Waals surface area (Å²) in [5.41, 5.74) is 6.09. The third-order valence-corrected chi connectivity index (χ3v) is 1.46. The van der Waals surface area contributed by atoms with E-state index in [0.29, 0.717) is 6.42 Å². The van der Waals surface area contributed by atoms with Gasteiger partial charge in [0.1, 0.15) is 5.75 Å². The highest BCUT2D eigenvalue weighted by Crippen LogP contribution is 2.15. The number of nitrogens with one attached hydrogen (secondary N) is 1. The van der Waals surface area contributed by atoms with E-state index in [0.717, 1.165) is 11.3 Å². The third-order valence-electron chi connectivity index (χ3n) is 1.46. The SMILES string of the molecule is COc1ccncc1CC(=N)N. The number of hydrogen-bond acceptors (Lipinski definition) is 3. The lowest BCUT2D eigenvalue weighted by Gasteiger charge is -2.05. The first kappa shape index (κ1) is 8.52. The van der Waals surface area contributed by atoms with Gasteiger partial charge in [-0.1, -0.05) is 0 Å². The molecule has 0 fully saturated rings. The monoisotopic (exact) mass is 165 g/mol. The summed E-state index contributed by atoms with van der Waals surface area (Å²) in [5, 5.41) is 7.10. The van der Waals surface area contributed by atoms with E-state index < -0.39 is 0 Å². The maximum atomic E-state index is 7.10. The van der Waals surface area contributed by atoms with Crippen molar-refractivity contribution in [1.29, 1.82) is 5.41 Å². The first-order chi connectivity index (χ1) is 5.74. The van der Waals surface area contributed by atoms with E-state index in [4.69, 9.17) is 15.9 Å². The van der Waals surface area contributed by atoms with Crippen molar-refractivity contribution in [3.63, 3.8) is 0 Å². The Balaban J connectivity index is 2.89. The average Bonchev–Trinajstić information content (AvgIpc) is 2.04. The van der Waals surface area contributed by atoms with E-state index in [2.05, 4.69) is 4.98 Å². The van der Waals surface area contributed by atoms with Gasteiger partial charge < -0.3 is 10.5 Å². The molecule has 1 aromatic rings. The van der Waals surface area contributed by atoms with E-state index in [1.807, 2.05) is 0 Å². The van der Waals surface area contributed by atoms with Crippen molar-refractivity contribution in [2.24, 2.45) is 5.73 Å². The van der Waals surface area contributed by atoms with Crippen LogP contribution in [0.1, 0.15) is 5.56 Å². The van der Waals surface area contributed by atoms with Crippen LogP contribution in [0.5, 0.6) is 5.75 Å². The van der Waals surface area contributed by atoms with Gasteiger partial charge in [-0.25, -0.2) is 0 Å². The quantitative estimate of drug-likeness (QED) is 0.508. The van der Waals surface area contributed by atoms with Crippen LogP contribution in [0.15, 0.2) is 18.5 Å². The zero-order valence-electron chi connectivity index (χ0n) is 6.87. The van der Waals surface area contributed by atoms with Gasteiger partial charge in [0, 0.05) is 24.4 Å². The fourth-order valence-electron chi connectivity index (χ4n) is 0.951. The van der Waals surface area contributed by atoms with Crippen molar-refractivity contribution >= 4 is 5.84 Å². The van der Waals surface area contributed by atoms with Gasteiger partial charge in [-0.3, -0.25) is 10.4 Å². The lowest BCUT2D eigenvalue weighted by molar-refractivity contribution is 0.410. The fraction of sp³-hybridized carbons (Fsp3) is 0.250. The summed E-state index contributed by atoms with van der Waals surface area (Å²) in [6.07, 6.45) is 3.68. The molecule has 4 nitrogen and oxygen atoms in total. The number of aromatic nitrogens is 1. The van der Waals surface area contributed by atoms with Crippen LogP contribution in [0.4, 0.5) is 0 Å². The Morgan fingerprint density at radius 1 is 1.75 bits per heavy atom. The molecule has 0 unspecified atom stereocenters. The molecule has 0 amide bonds. The number of rotatable bonds is 3. The average molecular weight is 165 g/mol. The molecule has 0 saturated heterocycles. The molecule has 0 radical (unpaired) electrons. The second-order valence-corrected chi connectivity index (χ2v) is 2.39. The second kappa shape index (κ2) is 3.71. The summed E-state index contributed by atoms with van der Waals surface area (Å²) >= 11 is 0. The summed E-state index contributed by atoms with van der Waals surface area (Å²) < 4.78 is 5.05. The zero-order chi connectivity index (χ0) is 8.97. The first-order valence-electron chi connectivity index (χ1n) is 3.54.